The summed E-state index contributed by atoms with van der Waals surface area (Å²) >= 11 is 0. The van der Waals surface area contributed by atoms with Crippen LogP contribution >= 0.6 is 0 Å². The van der Waals surface area contributed by atoms with E-state index in [1.54, 1.807) is 18.3 Å². The monoisotopic (exact) mass is 225 g/mol. The van der Waals surface area contributed by atoms with E-state index in [0.29, 0.717) is 0 Å². The number of allylic oxidation sites excluding steroid dienone is 1. The van der Waals surface area contributed by atoms with Crippen molar-refractivity contribution in [3.8, 4) is 5.75 Å². The Kier molecular flexibility index (Phi) is 3.24. The molecule has 0 spiro atoms. The second-order valence-corrected chi connectivity index (χ2v) is 3.89. The standard InChI is InChI=1S/C15H15NO/c1-3-14(12-6-4-7-13(17)10-12)15-8-5-9-16-11(15)2/h3-10,17H,1-2H3/b14-3-. The van der Waals surface area contributed by atoms with Gasteiger partial charge in [0.15, 0.2) is 0 Å². The maximum Gasteiger partial charge on any atom is 0.116 e. The number of nitrogens with zero attached hydrogens (tertiary/aromatic N) is 1. The van der Waals surface area contributed by atoms with E-state index >= 15 is 0 Å². The smallest absolute Gasteiger partial charge is 0.116 e. The van der Waals surface area contributed by atoms with Crippen LogP contribution in [-0.2, 0) is 0 Å². The van der Waals surface area contributed by atoms with E-state index in [-0.39, 0.29) is 5.75 Å². The van der Waals surface area contributed by atoms with E-state index in [1.165, 1.54) is 0 Å². The quantitative estimate of drug-likeness (QED) is 0.847. The number of aromatic hydroxyl groups is 1. The Bertz CT molecular complexity index is 558. The first-order valence-corrected chi connectivity index (χ1v) is 5.60. The van der Waals surface area contributed by atoms with Gasteiger partial charge < -0.3 is 5.11 Å². The van der Waals surface area contributed by atoms with Crippen molar-refractivity contribution in [1.29, 1.82) is 0 Å². The fourth-order valence-electron chi connectivity index (χ4n) is 1.92. The molecule has 86 valence electrons. The molecule has 1 aromatic heterocycles. The van der Waals surface area contributed by atoms with Gasteiger partial charge in [0.1, 0.15) is 5.75 Å². The van der Waals surface area contributed by atoms with Crippen LogP contribution in [0, 0.1) is 6.92 Å². The highest BCUT2D eigenvalue weighted by Crippen LogP contribution is 2.26. The Balaban J connectivity index is 2.53. The van der Waals surface area contributed by atoms with Crippen molar-refractivity contribution in [3.05, 3.63) is 65.5 Å². The Morgan fingerprint density at radius 2 is 2.06 bits per heavy atom. The lowest BCUT2D eigenvalue weighted by atomic mass is 9.97. The Labute approximate surface area is 101 Å². The summed E-state index contributed by atoms with van der Waals surface area (Å²) in [5, 5.41) is 9.53. The summed E-state index contributed by atoms with van der Waals surface area (Å²) in [7, 11) is 0. The van der Waals surface area contributed by atoms with Crippen LogP contribution in [0.5, 0.6) is 5.75 Å². The fourth-order valence-corrected chi connectivity index (χ4v) is 1.92. The predicted octanol–water partition coefficient (Wildman–Crippen LogP) is 3.55. The molecule has 2 rings (SSSR count). The first-order chi connectivity index (χ1) is 8.22. The zero-order chi connectivity index (χ0) is 12.3. The normalized spacial score (nSPS) is 11.5. The van der Waals surface area contributed by atoms with Crippen LogP contribution in [0.15, 0.2) is 48.7 Å². The van der Waals surface area contributed by atoms with Gasteiger partial charge in [-0.2, -0.15) is 0 Å². The lowest BCUT2D eigenvalue weighted by Crippen LogP contribution is -1.93. The van der Waals surface area contributed by atoms with E-state index in [4.69, 9.17) is 0 Å². The van der Waals surface area contributed by atoms with Gasteiger partial charge in [-0.05, 0) is 43.2 Å². The maximum atomic E-state index is 9.53. The molecular formula is C15H15NO. The molecule has 0 amide bonds. The van der Waals surface area contributed by atoms with Gasteiger partial charge in [0.25, 0.3) is 0 Å². The number of phenolic OH excluding ortho intramolecular Hbond substituents is 1. The maximum absolute atomic E-state index is 9.53. The van der Waals surface area contributed by atoms with Gasteiger partial charge in [0.05, 0.1) is 0 Å². The van der Waals surface area contributed by atoms with Crippen LogP contribution in [0.4, 0.5) is 0 Å². The van der Waals surface area contributed by atoms with Crippen LogP contribution in [-0.4, -0.2) is 10.1 Å². The molecule has 0 aliphatic rings. The van der Waals surface area contributed by atoms with Gasteiger partial charge in [-0.3, -0.25) is 4.98 Å². The number of hydrogen-bond donors (Lipinski definition) is 1. The van der Waals surface area contributed by atoms with E-state index < -0.39 is 0 Å². The van der Waals surface area contributed by atoms with Crippen molar-refractivity contribution in [2.24, 2.45) is 0 Å². The molecule has 2 aromatic rings. The lowest BCUT2D eigenvalue weighted by Gasteiger charge is -2.10. The molecule has 0 fully saturated rings. The topological polar surface area (TPSA) is 33.1 Å². The third kappa shape index (κ3) is 2.36. The summed E-state index contributed by atoms with van der Waals surface area (Å²) in [6.45, 7) is 3.98. The van der Waals surface area contributed by atoms with Crippen molar-refractivity contribution in [2.45, 2.75) is 13.8 Å². The SMILES string of the molecule is C/C=C(/c1cccc(O)c1)c1cccnc1C. The molecule has 0 atom stereocenters. The van der Waals surface area contributed by atoms with Crippen LogP contribution in [0.25, 0.3) is 5.57 Å². The number of rotatable bonds is 2. The third-order valence-corrected chi connectivity index (χ3v) is 2.74. The van der Waals surface area contributed by atoms with Gasteiger partial charge in [-0.15, -0.1) is 0 Å². The average Bonchev–Trinajstić information content (AvgIpc) is 2.33. The summed E-state index contributed by atoms with van der Waals surface area (Å²) in [5.41, 5.74) is 4.18. The largest absolute Gasteiger partial charge is 0.508 e. The minimum Gasteiger partial charge on any atom is -0.508 e. The highest BCUT2D eigenvalue weighted by atomic mass is 16.3. The number of pyridine rings is 1. The minimum absolute atomic E-state index is 0.281. The summed E-state index contributed by atoms with van der Waals surface area (Å²) in [4.78, 5) is 4.29. The molecule has 0 unspecified atom stereocenters. The average molecular weight is 225 g/mol. The molecule has 2 nitrogen and oxygen atoms in total. The van der Waals surface area contributed by atoms with Crippen molar-refractivity contribution in [2.75, 3.05) is 0 Å². The predicted molar refractivity (Wildman–Crippen MR) is 69.8 cm³/mol. The van der Waals surface area contributed by atoms with E-state index in [2.05, 4.69) is 4.98 Å². The number of phenols is 1. The Hall–Kier alpha value is -2.09. The molecule has 0 aliphatic heterocycles. The molecule has 1 heterocycles. The van der Waals surface area contributed by atoms with Gasteiger partial charge in [0.2, 0.25) is 0 Å². The molecule has 2 heteroatoms. The first-order valence-electron chi connectivity index (χ1n) is 5.60. The molecule has 0 aliphatic carbocycles. The molecule has 1 N–H and O–H groups in total. The van der Waals surface area contributed by atoms with Crippen LogP contribution in [0.3, 0.4) is 0 Å². The number of hydrogen-bond acceptors (Lipinski definition) is 2. The van der Waals surface area contributed by atoms with E-state index in [9.17, 15) is 5.11 Å². The number of aromatic nitrogens is 1. The zero-order valence-electron chi connectivity index (χ0n) is 10.0. The Morgan fingerprint density at radius 1 is 1.24 bits per heavy atom. The molecule has 0 saturated carbocycles. The summed E-state index contributed by atoms with van der Waals surface area (Å²) in [6.07, 6.45) is 3.83. The van der Waals surface area contributed by atoms with Gasteiger partial charge >= 0.3 is 0 Å². The molecule has 0 radical (unpaired) electrons. The van der Waals surface area contributed by atoms with Gasteiger partial charge in [-0.25, -0.2) is 0 Å². The second kappa shape index (κ2) is 4.83. The van der Waals surface area contributed by atoms with Crippen LogP contribution in [0.1, 0.15) is 23.7 Å². The highest BCUT2D eigenvalue weighted by Gasteiger charge is 2.07. The summed E-state index contributed by atoms with van der Waals surface area (Å²) < 4.78 is 0. The van der Waals surface area contributed by atoms with E-state index in [1.807, 2.05) is 44.2 Å². The second-order valence-electron chi connectivity index (χ2n) is 3.89. The molecule has 17 heavy (non-hydrogen) atoms. The summed E-state index contributed by atoms with van der Waals surface area (Å²) in [6, 6.07) is 11.2. The zero-order valence-corrected chi connectivity index (χ0v) is 10.0. The fraction of sp³-hybridized carbons (Fsp3) is 0.133. The lowest BCUT2D eigenvalue weighted by molar-refractivity contribution is 0.475. The number of aryl methyl sites for hydroxylation is 1. The molecule has 0 saturated heterocycles. The van der Waals surface area contributed by atoms with Crippen molar-refractivity contribution < 1.29 is 5.11 Å². The first kappa shape index (κ1) is 11.4. The van der Waals surface area contributed by atoms with Crippen LogP contribution < -0.4 is 0 Å². The van der Waals surface area contributed by atoms with Gasteiger partial charge in [-0.1, -0.05) is 24.3 Å². The molecule has 1 aromatic carbocycles. The molecular weight excluding hydrogens is 210 g/mol. The Morgan fingerprint density at radius 3 is 2.71 bits per heavy atom. The van der Waals surface area contributed by atoms with E-state index in [0.717, 1.165) is 22.4 Å². The van der Waals surface area contributed by atoms with Gasteiger partial charge in [0, 0.05) is 17.5 Å². The van der Waals surface area contributed by atoms with Crippen molar-refractivity contribution in [3.63, 3.8) is 0 Å². The summed E-state index contributed by atoms with van der Waals surface area (Å²) in [5.74, 6) is 0.281. The highest BCUT2D eigenvalue weighted by molar-refractivity contribution is 5.80. The van der Waals surface area contributed by atoms with Crippen LogP contribution in [0.2, 0.25) is 0 Å². The minimum atomic E-state index is 0.281. The molecule has 0 bridgehead atoms. The number of benzene rings is 1. The third-order valence-electron chi connectivity index (χ3n) is 2.74. The van der Waals surface area contributed by atoms with Crippen molar-refractivity contribution >= 4 is 5.57 Å². The van der Waals surface area contributed by atoms with Crippen molar-refractivity contribution in [1.82, 2.24) is 4.98 Å².